The van der Waals surface area contributed by atoms with Crippen molar-refractivity contribution in [1.29, 1.82) is 0 Å². The summed E-state index contributed by atoms with van der Waals surface area (Å²) in [6.07, 6.45) is 1.48. The zero-order valence-electron chi connectivity index (χ0n) is 16.0. The third kappa shape index (κ3) is 6.56. The van der Waals surface area contributed by atoms with Gasteiger partial charge in [-0.2, -0.15) is 5.10 Å². The van der Waals surface area contributed by atoms with Crippen LogP contribution in [0.5, 0.6) is 5.75 Å². The Balaban J connectivity index is 1.44. The van der Waals surface area contributed by atoms with E-state index < -0.39 is 17.6 Å². The second-order valence-electron chi connectivity index (χ2n) is 6.33. The van der Waals surface area contributed by atoms with Crippen molar-refractivity contribution < 1.29 is 18.7 Å². The molecule has 0 saturated carbocycles. The van der Waals surface area contributed by atoms with Crippen LogP contribution < -0.4 is 15.5 Å². The van der Waals surface area contributed by atoms with E-state index in [0.29, 0.717) is 12.4 Å². The zero-order valence-corrected chi connectivity index (χ0v) is 16.0. The van der Waals surface area contributed by atoms with Crippen molar-refractivity contribution in [2.75, 3.05) is 6.54 Å². The summed E-state index contributed by atoms with van der Waals surface area (Å²) in [6, 6.07) is 22.1. The normalized spacial score (nSPS) is 10.6. The van der Waals surface area contributed by atoms with Crippen LogP contribution >= 0.6 is 0 Å². The molecular weight excluding hydrogens is 385 g/mol. The molecule has 0 aliphatic rings. The highest BCUT2D eigenvalue weighted by Gasteiger charge is 2.07. The molecule has 0 fully saturated rings. The SMILES string of the molecule is O=C(CNC(=O)c1ccc(F)cc1)N/N=C/c1cccc(OCc2ccccc2)c1. The van der Waals surface area contributed by atoms with Gasteiger partial charge in [-0.1, -0.05) is 42.5 Å². The number of hydrazone groups is 1. The van der Waals surface area contributed by atoms with Crippen LogP contribution in [0.3, 0.4) is 0 Å². The van der Waals surface area contributed by atoms with Gasteiger partial charge in [0.2, 0.25) is 0 Å². The van der Waals surface area contributed by atoms with Crippen LogP contribution in [0.15, 0.2) is 84.0 Å². The quantitative estimate of drug-likeness (QED) is 0.446. The van der Waals surface area contributed by atoms with E-state index in [2.05, 4.69) is 15.8 Å². The monoisotopic (exact) mass is 405 g/mol. The molecule has 7 heteroatoms. The first kappa shape index (κ1) is 20.7. The third-order valence-corrected chi connectivity index (χ3v) is 4.03. The number of nitrogens with one attached hydrogen (secondary N) is 2. The summed E-state index contributed by atoms with van der Waals surface area (Å²) in [5.74, 6) is -0.718. The first-order chi connectivity index (χ1) is 14.6. The van der Waals surface area contributed by atoms with E-state index in [4.69, 9.17) is 4.74 Å². The first-order valence-electron chi connectivity index (χ1n) is 9.22. The molecular formula is C23H20FN3O3. The Hall–Kier alpha value is -4.00. The molecule has 0 aliphatic heterocycles. The summed E-state index contributed by atoms with van der Waals surface area (Å²) in [6.45, 7) is 0.194. The highest BCUT2D eigenvalue weighted by Crippen LogP contribution is 2.14. The molecule has 0 unspecified atom stereocenters. The summed E-state index contributed by atoms with van der Waals surface area (Å²) in [7, 11) is 0. The van der Waals surface area contributed by atoms with E-state index in [-0.39, 0.29) is 12.1 Å². The Bertz CT molecular complexity index is 1020. The van der Waals surface area contributed by atoms with Crippen LogP contribution in [0.2, 0.25) is 0 Å². The van der Waals surface area contributed by atoms with Crippen LogP contribution in [0.4, 0.5) is 4.39 Å². The molecule has 2 amide bonds. The topological polar surface area (TPSA) is 79.8 Å². The van der Waals surface area contributed by atoms with E-state index in [1.807, 2.05) is 48.5 Å². The molecule has 30 heavy (non-hydrogen) atoms. The van der Waals surface area contributed by atoms with Crippen LogP contribution in [0.25, 0.3) is 0 Å². The maximum Gasteiger partial charge on any atom is 0.259 e. The fraction of sp³-hybridized carbons (Fsp3) is 0.0870. The van der Waals surface area contributed by atoms with Crippen molar-refractivity contribution in [2.45, 2.75) is 6.61 Å². The maximum absolute atomic E-state index is 12.9. The third-order valence-electron chi connectivity index (χ3n) is 4.03. The lowest BCUT2D eigenvalue weighted by atomic mass is 10.2. The maximum atomic E-state index is 12.9. The number of benzene rings is 3. The molecule has 0 aromatic heterocycles. The van der Waals surface area contributed by atoms with Gasteiger partial charge in [0.25, 0.3) is 11.8 Å². The lowest BCUT2D eigenvalue weighted by Crippen LogP contribution is -2.34. The second-order valence-corrected chi connectivity index (χ2v) is 6.33. The summed E-state index contributed by atoms with van der Waals surface area (Å²) in [5.41, 5.74) is 4.41. The number of hydrogen-bond donors (Lipinski definition) is 2. The summed E-state index contributed by atoms with van der Waals surface area (Å²) in [4.78, 5) is 23.7. The number of hydrogen-bond acceptors (Lipinski definition) is 4. The number of nitrogens with zero attached hydrogens (tertiary/aromatic N) is 1. The minimum atomic E-state index is -0.488. The van der Waals surface area contributed by atoms with Crippen molar-refractivity contribution in [2.24, 2.45) is 5.10 Å². The standard InChI is InChI=1S/C23H20FN3O3/c24-20-11-9-19(10-12-20)23(29)25-15-22(28)27-26-14-18-7-4-8-21(13-18)30-16-17-5-2-1-3-6-17/h1-14H,15-16H2,(H,25,29)(H,27,28)/b26-14+. The zero-order chi connectivity index (χ0) is 21.2. The van der Waals surface area contributed by atoms with E-state index in [1.165, 1.54) is 30.5 Å². The molecule has 6 nitrogen and oxygen atoms in total. The molecule has 0 atom stereocenters. The van der Waals surface area contributed by atoms with Gasteiger partial charge < -0.3 is 10.1 Å². The van der Waals surface area contributed by atoms with Gasteiger partial charge in [0, 0.05) is 5.56 Å². The van der Waals surface area contributed by atoms with Crippen molar-refractivity contribution >= 4 is 18.0 Å². The molecule has 0 bridgehead atoms. The number of carbonyl (C=O) groups excluding carboxylic acids is 2. The van der Waals surface area contributed by atoms with Crippen LogP contribution in [0, 0.1) is 5.82 Å². The van der Waals surface area contributed by atoms with Crippen LogP contribution in [-0.4, -0.2) is 24.6 Å². The molecule has 3 aromatic carbocycles. The molecule has 2 N–H and O–H groups in total. The van der Waals surface area contributed by atoms with Gasteiger partial charge in [0.05, 0.1) is 12.8 Å². The minimum Gasteiger partial charge on any atom is -0.489 e. The van der Waals surface area contributed by atoms with Crippen molar-refractivity contribution in [3.8, 4) is 5.75 Å². The Labute approximate surface area is 173 Å². The highest BCUT2D eigenvalue weighted by atomic mass is 19.1. The highest BCUT2D eigenvalue weighted by molar-refractivity contribution is 5.96. The van der Waals surface area contributed by atoms with Gasteiger partial charge in [0.1, 0.15) is 18.2 Å². The summed E-state index contributed by atoms with van der Waals surface area (Å²) in [5, 5.41) is 6.32. The van der Waals surface area contributed by atoms with Gasteiger partial charge in [-0.3, -0.25) is 9.59 Å². The predicted octanol–water partition coefficient (Wildman–Crippen LogP) is 3.28. The number of rotatable bonds is 8. The summed E-state index contributed by atoms with van der Waals surface area (Å²) >= 11 is 0. The van der Waals surface area contributed by atoms with Gasteiger partial charge in [0.15, 0.2) is 0 Å². The first-order valence-corrected chi connectivity index (χ1v) is 9.22. The molecule has 0 radical (unpaired) electrons. The molecule has 0 saturated heterocycles. The number of ether oxygens (including phenoxy) is 1. The molecule has 3 aromatic rings. The van der Waals surface area contributed by atoms with Gasteiger partial charge in [-0.25, -0.2) is 9.82 Å². The van der Waals surface area contributed by atoms with E-state index >= 15 is 0 Å². The van der Waals surface area contributed by atoms with E-state index in [1.54, 1.807) is 6.07 Å². The van der Waals surface area contributed by atoms with Crippen molar-refractivity contribution in [3.05, 3.63) is 101 Å². The Morgan fingerprint density at radius 2 is 1.73 bits per heavy atom. The minimum absolute atomic E-state index is 0.256. The second kappa shape index (κ2) is 10.5. The fourth-order valence-corrected chi connectivity index (χ4v) is 2.51. The number of halogens is 1. The summed E-state index contributed by atoms with van der Waals surface area (Å²) < 4.78 is 18.6. The lowest BCUT2D eigenvalue weighted by Gasteiger charge is -2.07. The van der Waals surface area contributed by atoms with Crippen molar-refractivity contribution in [1.82, 2.24) is 10.7 Å². The average Bonchev–Trinajstić information content (AvgIpc) is 2.77. The average molecular weight is 405 g/mol. The molecule has 0 aliphatic carbocycles. The van der Waals surface area contributed by atoms with Gasteiger partial charge >= 0.3 is 0 Å². The van der Waals surface area contributed by atoms with E-state index in [0.717, 1.165) is 11.1 Å². The number of amides is 2. The van der Waals surface area contributed by atoms with Crippen LogP contribution in [0.1, 0.15) is 21.5 Å². The molecule has 3 rings (SSSR count). The largest absolute Gasteiger partial charge is 0.489 e. The fourth-order valence-electron chi connectivity index (χ4n) is 2.51. The van der Waals surface area contributed by atoms with Crippen LogP contribution in [-0.2, 0) is 11.4 Å². The van der Waals surface area contributed by atoms with E-state index in [9.17, 15) is 14.0 Å². The molecule has 0 heterocycles. The number of carbonyl (C=O) groups is 2. The Morgan fingerprint density at radius 3 is 2.50 bits per heavy atom. The Kier molecular flexibility index (Phi) is 7.27. The predicted molar refractivity (Wildman–Crippen MR) is 112 cm³/mol. The smallest absolute Gasteiger partial charge is 0.259 e. The van der Waals surface area contributed by atoms with Gasteiger partial charge in [-0.15, -0.1) is 0 Å². The van der Waals surface area contributed by atoms with Gasteiger partial charge in [-0.05, 0) is 47.5 Å². The lowest BCUT2D eigenvalue weighted by molar-refractivity contribution is -0.120. The van der Waals surface area contributed by atoms with Crippen molar-refractivity contribution in [3.63, 3.8) is 0 Å². The molecule has 0 spiro atoms. The molecule has 152 valence electrons. The Morgan fingerprint density at radius 1 is 0.967 bits per heavy atom.